The summed E-state index contributed by atoms with van der Waals surface area (Å²) in [5.74, 6) is 0.346. The molecule has 132 valence electrons. The van der Waals surface area contributed by atoms with E-state index in [1.807, 2.05) is 0 Å². The number of H-pyrrole nitrogens is 1. The van der Waals surface area contributed by atoms with Crippen molar-refractivity contribution in [1.29, 1.82) is 0 Å². The number of halogens is 1. The van der Waals surface area contributed by atoms with Crippen molar-refractivity contribution in [3.05, 3.63) is 35.6 Å². The predicted molar refractivity (Wildman–Crippen MR) is 93.9 cm³/mol. The summed E-state index contributed by atoms with van der Waals surface area (Å²) in [6.45, 7) is 2.21. The summed E-state index contributed by atoms with van der Waals surface area (Å²) < 4.78 is 38.0. The molecular weight excluding hydrogens is 368 g/mol. The lowest BCUT2D eigenvalue weighted by atomic mass is 10.2. The number of nitrogens with one attached hydrogen (secondary N) is 2. The molecule has 0 saturated carbocycles. The van der Waals surface area contributed by atoms with Crippen LogP contribution < -0.4 is 14.2 Å². The van der Waals surface area contributed by atoms with Crippen molar-refractivity contribution >= 4 is 38.5 Å². The topological polar surface area (TPSA) is 106 Å². The number of sulfonamides is 1. The second-order valence-corrected chi connectivity index (χ2v) is 7.04. The molecule has 2 N–H and O–H groups in total. The highest BCUT2D eigenvalue weighted by molar-refractivity contribution is 7.93. The van der Waals surface area contributed by atoms with Crippen LogP contribution in [0.2, 0.25) is 5.02 Å². The molecule has 3 rings (SSSR count). The Morgan fingerprint density at radius 3 is 2.88 bits per heavy atom. The van der Waals surface area contributed by atoms with E-state index in [-0.39, 0.29) is 16.7 Å². The molecule has 0 radical (unpaired) electrons. The van der Waals surface area contributed by atoms with E-state index in [2.05, 4.69) is 19.7 Å². The molecule has 0 spiro atoms. The van der Waals surface area contributed by atoms with Crippen LogP contribution in [0.25, 0.3) is 10.9 Å². The fraction of sp³-hybridized carbons (Fsp3) is 0.200. The number of fused-ring (bicyclic) bond motifs is 1. The Morgan fingerprint density at radius 1 is 1.36 bits per heavy atom. The molecule has 2 heterocycles. The van der Waals surface area contributed by atoms with Gasteiger partial charge in [0, 0.05) is 22.1 Å². The molecule has 0 atom stereocenters. The number of ether oxygens (including phenoxy) is 2. The summed E-state index contributed by atoms with van der Waals surface area (Å²) in [6.07, 6.45) is 2.73. The molecular formula is C15H15ClN4O4S. The molecule has 10 heteroatoms. The lowest BCUT2D eigenvalue weighted by molar-refractivity contribution is 0.302. The second-order valence-electron chi connectivity index (χ2n) is 4.95. The van der Waals surface area contributed by atoms with E-state index in [4.69, 9.17) is 21.1 Å². The van der Waals surface area contributed by atoms with Gasteiger partial charge in [0.2, 0.25) is 5.95 Å². The Labute approximate surface area is 149 Å². The van der Waals surface area contributed by atoms with Gasteiger partial charge in [-0.2, -0.15) is 4.98 Å². The highest BCUT2D eigenvalue weighted by Gasteiger charge is 2.21. The average molecular weight is 383 g/mol. The number of anilines is 1. The van der Waals surface area contributed by atoms with Crippen molar-refractivity contribution in [3.8, 4) is 11.6 Å². The van der Waals surface area contributed by atoms with Gasteiger partial charge in [-0.25, -0.2) is 18.1 Å². The molecule has 25 heavy (non-hydrogen) atoms. The SMILES string of the molecule is CCOc1cnc(NS(=O)(=O)c2c[nH]c3cc(Cl)ccc23)nc1OC. The Hall–Kier alpha value is -2.52. The van der Waals surface area contributed by atoms with Gasteiger partial charge in [-0.3, -0.25) is 0 Å². The molecule has 8 nitrogen and oxygen atoms in total. The first-order chi connectivity index (χ1) is 11.9. The quantitative estimate of drug-likeness (QED) is 0.679. The fourth-order valence-corrected chi connectivity index (χ4v) is 3.58. The third kappa shape index (κ3) is 3.47. The van der Waals surface area contributed by atoms with Gasteiger partial charge in [-0.15, -0.1) is 0 Å². The lowest BCUT2D eigenvalue weighted by Gasteiger charge is -2.10. The van der Waals surface area contributed by atoms with Gasteiger partial charge in [-0.1, -0.05) is 11.6 Å². The highest BCUT2D eigenvalue weighted by Crippen LogP contribution is 2.28. The maximum atomic E-state index is 12.7. The molecule has 3 aromatic rings. The van der Waals surface area contributed by atoms with Crippen LogP contribution in [0.1, 0.15) is 6.92 Å². The minimum atomic E-state index is -3.91. The van der Waals surface area contributed by atoms with Crippen LogP contribution in [0.15, 0.2) is 35.5 Å². The number of hydrogen-bond donors (Lipinski definition) is 2. The first-order valence-electron chi connectivity index (χ1n) is 7.28. The summed E-state index contributed by atoms with van der Waals surface area (Å²) in [7, 11) is -2.50. The largest absolute Gasteiger partial charge is 0.487 e. The molecule has 0 aliphatic rings. The van der Waals surface area contributed by atoms with E-state index in [0.717, 1.165) is 0 Å². The number of rotatable bonds is 6. The average Bonchev–Trinajstić information content (AvgIpc) is 3.00. The Balaban J connectivity index is 1.95. The zero-order valence-electron chi connectivity index (χ0n) is 13.4. The van der Waals surface area contributed by atoms with E-state index in [0.29, 0.717) is 28.3 Å². The van der Waals surface area contributed by atoms with E-state index < -0.39 is 10.0 Å². The smallest absolute Gasteiger partial charge is 0.266 e. The zero-order valence-corrected chi connectivity index (χ0v) is 15.0. The molecule has 0 fully saturated rings. The first kappa shape index (κ1) is 17.3. The molecule has 0 unspecified atom stereocenters. The summed E-state index contributed by atoms with van der Waals surface area (Å²) in [6, 6.07) is 4.89. The number of aromatic amines is 1. The monoisotopic (exact) mass is 382 g/mol. The van der Waals surface area contributed by atoms with Gasteiger partial charge in [-0.05, 0) is 25.1 Å². The highest BCUT2D eigenvalue weighted by atomic mass is 35.5. The second kappa shape index (κ2) is 6.77. The Bertz CT molecular complexity index is 1020. The van der Waals surface area contributed by atoms with E-state index in [1.54, 1.807) is 25.1 Å². The van der Waals surface area contributed by atoms with Gasteiger partial charge in [0.1, 0.15) is 4.90 Å². The normalized spacial score (nSPS) is 11.5. The van der Waals surface area contributed by atoms with Gasteiger partial charge >= 0.3 is 0 Å². The third-order valence-corrected chi connectivity index (χ3v) is 4.94. The number of methoxy groups -OCH3 is 1. The van der Waals surface area contributed by atoms with Gasteiger partial charge in [0.15, 0.2) is 5.75 Å². The third-order valence-electron chi connectivity index (χ3n) is 3.34. The maximum absolute atomic E-state index is 12.7. The molecule has 0 aliphatic carbocycles. The number of nitrogens with zero attached hydrogens (tertiary/aromatic N) is 2. The van der Waals surface area contributed by atoms with Crippen molar-refractivity contribution in [2.45, 2.75) is 11.8 Å². The van der Waals surface area contributed by atoms with Crippen LogP contribution in [-0.2, 0) is 10.0 Å². The van der Waals surface area contributed by atoms with Crippen molar-refractivity contribution in [3.63, 3.8) is 0 Å². The van der Waals surface area contributed by atoms with E-state index in [1.165, 1.54) is 19.5 Å². The van der Waals surface area contributed by atoms with Crippen LogP contribution >= 0.6 is 11.6 Å². The number of benzene rings is 1. The summed E-state index contributed by atoms with van der Waals surface area (Å²) in [5.41, 5.74) is 0.609. The molecule has 0 aliphatic heterocycles. The Kier molecular flexibility index (Phi) is 4.69. The fourth-order valence-electron chi connectivity index (χ4n) is 2.27. The van der Waals surface area contributed by atoms with Gasteiger partial charge in [0.05, 0.1) is 19.9 Å². The van der Waals surface area contributed by atoms with E-state index in [9.17, 15) is 8.42 Å². The minimum absolute atomic E-state index is 0.0654. The zero-order chi connectivity index (χ0) is 18.0. The van der Waals surface area contributed by atoms with Crippen LogP contribution in [-0.4, -0.2) is 37.1 Å². The Morgan fingerprint density at radius 2 is 2.16 bits per heavy atom. The van der Waals surface area contributed by atoms with Crippen LogP contribution in [0, 0.1) is 0 Å². The van der Waals surface area contributed by atoms with Crippen molar-refractivity contribution in [1.82, 2.24) is 15.0 Å². The number of aromatic nitrogens is 3. The van der Waals surface area contributed by atoms with Crippen molar-refractivity contribution < 1.29 is 17.9 Å². The molecule has 2 aromatic heterocycles. The van der Waals surface area contributed by atoms with Crippen molar-refractivity contribution in [2.75, 3.05) is 18.4 Å². The van der Waals surface area contributed by atoms with Gasteiger partial charge < -0.3 is 14.5 Å². The molecule has 0 bridgehead atoms. The first-order valence-corrected chi connectivity index (χ1v) is 9.14. The van der Waals surface area contributed by atoms with Crippen molar-refractivity contribution in [2.24, 2.45) is 0 Å². The lowest BCUT2D eigenvalue weighted by Crippen LogP contribution is -2.15. The summed E-state index contributed by atoms with van der Waals surface area (Å²) in [4.78, 5) is 10.9. The molecule has 1 aromatic carbocycles. The maximum Gasteiger partial charge on any atom is 0.266 e. The van der Waals surface area contributed by atoms with Crippen LogP contribution in [0.3, 0.4) is 0 Å². The molecule has 0 amide bonds. The summed E-state index contributed by atoms with van der Waals surface area (Å²) >= 11 is 5.92. The minimum Gasteiger partial charge on any atom is -0.487 e. The van der Waals surface area contributed by atoms with E-state index >= 15 is 0 Å². The van der Waals surface area contributed by atoms with Gasteiger partial charge in [0.25, 0.3) is 15.9 Å². The van der Waals surface area contributed by atoms with Crippen LogP contribution in [0.5, 0.6) is 11.6 Å². The standard InChI is InChI=1S/C15H15ClN4O4S/c1-3-24-12-7-18-15(19-14(12)23-2)20-25(21,22)13-8-17-11-6-9(16)4-5-10(11)13/h4-8,17H,3H2,1-2H3,(H,18,19,20). The summed E-state index contributed by atoms with van der Waals surface area (Å²) in [5, 5.41) is 1.01. The number of hydrogen-bond acceptors (Lipinski definition) is 6. The van der Waals surface area contributed by atoms with Crippen LogP contribution in [0.4, 0.5) is 5.95 Å². The molecule has 0 saturated heterocycles. The predicted octanol–water partition coefficient (Wildman–Crippen LogP) is 2.82.